The molecule has 0 heterocycles. The molecular weight excluding hydrogens is 210 g/mol. The van der Waals surface area contributed by atoms with Crippen molar-refractivity contribution in [2.45, 2.75) is 6.92 Å². The molecule has 0 spiro atoms. The molecule has 0 aromatic heterocycles. The number of ether oxygens (including phenoxy) is 1. The molecule has 1 aromatic carbocycles. The highest BCUT2D eigenvalue weighted by molar-refractivity contribution is 5.92. The molecule has 0 radical (unpaired) electrons. The summed E-state index contributed by atoms with van der Waals surface area (Å²) in [5, 5.41) is 10.4. The molecule has 0 aliphatic carbocycles. The van der Waals surface area contributed by atoms with E-state index in [1.807, 2.05) is 0 Å². The third-order valence-electron chi connectivity index (χ3n) is 1.99. The molecule has 0 bridgehead atoms. The van der Waals surface area contributed by atoms with Crippen molar-refractivity contribution in [1.82, 2.24) is 0 Å². The molecule has 1 rings (SSSR count). The molecular formula is C11H11NO4. The van der Waals surface area contributed by atoms with Gasteiger partial charge in [-0.3, -0.25) is 10.1 Å². The first-order chi connectivity index (χ1) is 7.54. The van der Waals surface area contributed by atoms with Crippen molar-refractivity contribution in [3.8, 4) is 0 Å². The smallest absolute Gasteiger partial charge is 0.333 e. The van der Waals surface area contributed by atoms with Crippen molar-refractivity contribution in [2.75, 3.05) is 7.11 Å². The highest BCUT2D eigenvalue weighted by Gasteiger charge is 2.05. The van der Waals surface area contributed by atoms with Gasteiger partial charge in [0.25, 0.3) is 5.69 Å². The maximum absolute atomic E-state index is 11.1. The predicted molar refractivity (Wildman–Crippen MR) is 58.8 cm³/mol. The largest absolute Gasteiger partial charge is 0.466 e. The van der Waals surface area contributed by atoms with E-state index in [0.29, 0.717) is 11.1 Å². The molecule has 1 aromatic rings. The van der Waals surface area contributed by atoms with Gasteiger partial charge in [0.1, 0.15) is 0 Å². The van der Waals surface area contributed by atoms with Crippen LogP contribution >= 0.6 is 0 Å². The average Bonchev–Trinajstić information content (AvgIpc) is 2.28. The van der Waals surface area contributed by atoms with Gasteiger partial charge in [-0.15, -0.1) is 0 Å². The third kappa shape index (κ3) is 2.91. The zero-order chi connectivity index (χ0) is 12.1. The fourth-order valence-corrected chi connectivity index (χ4v) is 1.16. The Morgan fingerprint density at radius 2 is 1.94 bits per heavy atom. The Kier molecular flexibility index (Phi) is 3.77. The molecule has 5 nitrogen and oxygen atoms in total. The Bertz CT molecular complexity index is 434. The van der Waals surface area contributed by atoms with Crippen LogP contribution in [0, 0.1) is 10.1 Å². The van der Waals surface area contributed by atoms with Crippen molar-refractivity contribution in [2.24, 2.45) is 0 Å². The standard InChI is InChI=1S/C11H11NO4/c1-8(11(13)16-2)7-9-3-5-10(6-4-9)12(14)15/h3-7H,1-2H3/b8-7-. The number of methoxy groups -OCH3 is 1. The summed E-state index contributed by atoms with van der Waals surface area (Å²) >= 11 is 0. The van der Waals surface area contributed by atoms with Crippen LogP contribution in [-0.4, -0.2) is 18.0 Å². The SMILES string of the molecule is COC(=O)/C(C)=C\c1ccc([N+](=O)[O-])cc1. The minimum atomic E-state index is -0.472. The van der Waals surface area contributed by atoms with Crippen molar-refractivity contribution < 1.29 is 14.5 Å². The zero-order valence-electron chi connectivity index (χ0n) is 8.97. The Morgan fingerprint density at radius 1 is 1.38 bits per heavy atom. The van der Waals surface area contributed by atoms with Crippen LogP contribution in [0.25, 0.3) is 6.08 Å². The lowest BCUT2D eigenvalue weighted by Crippen LogP contribution is -2.00. The van der Waals surface area contributed by atoms with Crippen LogP contribution in [0.15, 0.2) is 29.8 Å². The fourth-order valence-electron chi connectivity index (χ4n) is 1.16. The molecule has 0 aliphatic heterocycles. The lowest BCUT2D eigenvalue weighted by molar-refractivity contribution is -0.384. The van der Waals surface area contributed by atoms with E-state index >= 15 is 0 Å². The second-order valence-corrected chi connectivity index (χ2v) is 3.17. The molecule has 0 saturated heterocycles. The lowest BCUT2D eigenvalue weighted by Gasteiger charge is -1.98. The van der Waals surface area contributed by atoms with Crippen LogP contribution in [0.5, 0.6) is 0 Å². The van der Waals surface area contributed by atoms with Gasteiger partial charge >= 0.3 is 5.97 Å². The summed E-state index contributed by atoms with van der Waals surface area (Å²) in [6, 6.07) is 5.92. The average molecular weight is 221 g/mol. The maximum Gasteiger partial charge on any atom is 0.333 e. The van der Waals surface area contributed by atoms with Gasteiger partial charge in [-0.1, -0.05) is 0 Å². The third-order valence-corrected chi connectivity index (χ3v) is 1.99. The molecule has 0 N–H and O–H groups in total. The van der Waals surface area contributed by atoms with E-state index in [4.69, 9.17) is 0 Å². The van der Waals surface area contributed by atoms with Crippen molar-refractivity contribution in [1.29, 1.82) is 0 Å². The van der Waals surface area contributed by atoms with Crippen molar-refractivity contribution in [3.63, 3.8) is 0 Å². The van der Waals surface area contributed by atoms with Gasteiger partial charge in [-0.2, -0.15) is 0 Å². The monoisotopic (exact) mass is 221 g/mol. The van der Waals surface area contributed by atoms with E-state index in [0.717, 1.165) is 0 Å². The minimum Gasteiger partial charge on any atom is -0.466 e. The van der Waals surface area contributed by atoms with Gasteiger partial charge < -0.3 is 4.74 Å². The highest BCUT2D eigenvalue weighted by Crippen LogP contribution is 2.14. The normalized spacial score (nSPS) is 11.0. The highest BCUT2D eigenvalue weighted by atomic mass is 16.6. The molecule has 0 aliphatic rings. The molecule has 0 amide bonds. The number of carbonyl (C=O) groups excluding carboxylic acids is 1. The molecule has 0 unspecified atom stereocenters. The van der Waals surface area contributed by atoms with E-state index < -0.39 is 10.9 Å². The number of nitro benzene ring substituents is 1. The minimum absolute atomic E-state index is 0.0212. The number of hydrogen-bond acceptors (Lipinski definition) is 4. The quantitative estimate of drug-likeness (QED) is 0.339. The number of esters is 1. The van der Waals surface area contributed by atoms with Gasteiger partial charge in [-0.05, 0) is 30.7 Å². The molecule has 16 heavy (non-hydrogen) atoms. The Labute approximate surface area is 92.5 Å². The first-order valence-corrected chi connectivity index (χ1v) is 4.55. The van der Waals surface area contributed by atoms with E-state index in [2.05, 4.69) is 4.74 Å². The number of rotatable bonds is 3. The van der Waals surface area contributed by atoms with Crippen LogP contribution in [0.1, 0.15) is 12.5 Å². The van der Waals surface area contributed by atoms with Crippen molar-refractivity contribution >= 4 is 17.7 Å². The second kappa shape index (κ2) is 5.06. The zero-order valence-corrected chi connectivity index (χ0v) is 8.97. The number of non-ortho nitro benzene ring substituents is 1. The number of hydrogen-bond donors (Lipinski definition) is 0. The number of carbonyl (C=O) groups is 1. The van der Waals surface area contributed by atoms with Crippen LogP contribution in [0.2, 0.25) is 0 Å². The Morgan fingerprint density at radius 3 is 2.38 bits per heavy atom. The Balaban J connectivity index is 2.91. The summed E-state index contributed by atoms with van der Waals surface area (Å²) < 4.78 is 4.53. The first kappa shape index (κ1) is 11.9. The molecule has 0 saturated carbocycles. The summed E-state index contributed by atoms with van der Waals surface area (Å²) in [6.07, 6.45) is 1.61. The maximum atomic E-state index is 11.1. The molecule has 5 heteroatoms. The van der Waals surface area contributed by atoms with Crippen LogP contribution in [0.3, 0.4) is 0 Å². The van der Waals surface area contributed by atoms with Gasteiger partial charge in [0, 0.05) is 17.7 Å². The summed E-state index contributed by atoms with van der Waals surface area (Å²) in [6.45, 7) is 1.62. The van der Waals surface area contributed by atoms with Crippen LogP contribution < -0.4 is 0 Å². The van der Waals surface area contributed by atoms with Crippen LogP contribution in [0.4, 0.5) is 5.69 Å². The summed E-state index contributed by atoms with van der Waals surface area (Å²) in [4.78, 5) is 21.0. The van der Waals surface area contributed by atoms with Crippen molar-refractivity contribution in [3.05, 3.63) is 45.5 Å². The van der Waals surface area contributed by atoms with E-state index in [-0.39, 0.29) is 5.69 Å². The summed E-state index contributed by atoms with van der Waals surface area (Å²) in [7, 11) is 1.30. The number of nitro groups is 1. The van der Waals surface area contributed by atoms with Gasteiger partial charge in [0.05, 0.1) is 12.0 Å². The van der Waals surface area contributed by atoms with E-state index in [1.54, 1.807) is 25.1 Å². The van der Waals surface area contributed by atoms with Gasteiger partial charge in [0.15, 0.2) is 0 Å². The molecule has 0 atom stereocenters. The lowest BCUT2D eigenvalue weighted by atomic mass is 10.1. The van der Waals surface area contributed by atoms with Crippen LogP contribution in [-0.2, 0) is 9.53 Å². The first-order valence-electron chi connectivity index (χ1n) is 4.55. The van der Waals surface area contributed by atoms with E-state index in [9.17, 15) is 14.9 Å². The fraction of sp³-hybridized carbons (Fsp3) is 0.182. The summed E-state index contributed by atoms with van der Waals surface area (Å²) in [5.41, 5.74) is 1.18. The summed E-state index contributed by atoms with van der Waals surface area (Å²) in [5.74, 6) is -0.418. The number of benzene rings is 1. The van der Waals surface area contributed by atoms with Gasteiger partial charge in [-0.25, -0.2) is 4.79 Å². The number of nitrogens with zero attached hydrogens (tertiary/aromatic N) is 1. The van der Waals surface area contributed by atoms with E-state index in [1.165, 1.54) is 19.2 Å². The second-order valence-electron chi connectivity index (χ2n) is 3.17. The topological polar surface area (TPSA) is 69.4 Å². The molecule has 84 valence electrons. The predicted octanol–water partition coefficient (Wildman–Crippen LogP) is 2.17. The Hall–Kier alpha value is -2.17. The van der Waals surface area contributed by atoms with Gasteiger partial charge in [0.2, 0.25) is 0 Å². The molecule has 0 fully saturated rings.